The Hall–Kier alpha value is -3.11. The second-order valence-electron chi connectivity index (χ2n) is 5.84. The fraction of sp³-hybridized carbons (Fsp3) is 0.278. The fourth-order valence-corrected chi connectivity index (χ4v) is 2.40. The fourth-order valence-electron chi connectivity index (χ4n) is 2.40. The van der Waals surface area contributed by atoms with Crippen molar-refractivity contribution in [2.75, 3.05) is 18.4 Å². The zero-order chi connectivity index (χ0) is 21.8. The third kappa shape index (κ3) is 5.69. The number of nitrogens with zero attached hydrogens (tertiary/aromatic N) is 2. The minimum absolute atomic E-state index is 0.00576. The van der Waals surface area contributed by atoms with Crippen molar-refractivity contribution in [1.29, 1.82) is 0 Å². The Bertz CT molecular complexity index is 878. The monoisotopic (exact) mass is 419 g/mol. The molecule has 156 valence electrons. The molecule has 2 aromatic rings. The van der Waals surface area contributed by atoms with Crippen LogP contribution in [0.2, 0.25) is 0 Å². The lowest BCUT2D eigenvalue weighted by molar-refractivity contribution is -0.141. The van der Waals surface area contributed by atoms with Crippen LogP contribution in [-0.4, -0.2) is 34.8 Å². The Morgan fingerprint density at radius 2 is 1.66 bits per heavy atom. The molecule has 2 rings (SSSR count). The van der Waals surface area contributed by atoms with Gasteiger partial charge in [0.25, 0.3) is 5.91 Å². The van der Waals surface area contributed by atoms with Crippen LogP contribution in [0.5, 0.6) is 0 Å². The highest BCUT2D eigenvalue weighted by molar-refractivity contribution is 5.99. The largest absolute Gasteiger partial charge is 0.433 e. The van der Waals surface area contributed by atoms with E-state index in [9.17, 15) is 35.9 Å². The highest BCUT2D eigenvalue weighted by Crippen LogP contribution is 2.34. The van der Waals surface area contributed by atoms with Crippen molar-refractivity contribution in [1.82, 2.24) is 9.88 Å². The van der Waals surface area contributed by atoms with Crippen molar-refractivity contribution in [2.24, 2.45) is 0 Å². The van der Waals surface area contributed by atoms with Crippen molar-refractivity contribution >= 4 is 17.5 Å². The van der Waals surface area contributed by atoms with E-state index < -0.39 is 47.7 Å². The molecule has 0 radical (unpaired) electrons. The van der Waals surface area contributed by atoms with Crippen molar-refractivity contribution in [3.8, 4) is 0 Å². The van der Waals surface area contributed by atoms with Gasteiger partial charge >= 0.3 is 12.4 Å². The minimum atomic E-state index is -4.68. The molecule has 29 heavy (non-hydrogen) atoms. The van der Waals surface area contributed by atoms with Gasteiger partial charge in [0.15, 0.2) is 0 Å². The summed E-state index contributed by atoms with van der Waals surface area (Å²) in [6, 6.07) is 5.88. The summed E-state index contributed by atoms with van der Waals surface area (Å²) < 4.78 is 76.6. The van der Waals surface area contributed by atoms with Gasteiger partial charge in [-0.1, -0.05) is 12.1 Å². The van der Waals surface area contributed by atoms with Crippen LogP contribution in [0, 0.1) is 0 Å². The number of pyridine rings is 1. The van der Waals surface area contributed by atoms with Crippen LogP contribution in [0.25, 0.3) is 0 Å². The number of aromatic nitrogens is 1. The number of benzene rings is 1. The highest BCUT2D eigenvalue weighted by atomic mass is 19.4. The Labute approximate surface area is 161 Å². The molecular formula is C18H15F6N3O2. The molecule has 1 N–H and O–H groups in total. The Balaban J connectivity index is 2.12. The number of carbonyl (C=O) groups excluding carboxylic acids is 2. The van der Waals surface area contributed by atoms with Crippen LogP contribution >= 0.6 is 0 Å². The summed E-state index contributed by atoms with van der Waals surface area (Å²) in [7, 11) is 0. The molecule has 0 fully saturated rings. The normalized spacial score (nSPS) is 11.8. The standard InChI is InChI=1S/C18H15F6N3O2/c1-2-27(16(29)11-7-8-14(25-9-11)18(22,23)24)10-15(28)26-13-6-4-3-5-12(13)17(19,20)21/h3-9H,2,10H2,1H3,(H,26,28). The van der Waals surface area contributed by atoms with Gasteiger partial charge in [-0.25, -0.2) is 0 Å². The summed E-state index contributed by atoms with van der Waals surface area (Å²) in [5.74, 6) is -1.68. The molecule has 0 atom stereocenters. The summed E-state index contributed by atoms with van der Waals surface area (Å²) in [6.45, 7) is 0.906. The Morgan fingerprint density at radius 3 is 2.17 bits per heavy atom. The van der Waals surface area contributed by atoms with Crippen LogP contribution in [0.3, 0.4) is 0 Å². The van der Waals surface area contributed by atoms with Crippen LogP contribution in [0.15, 0.2) is 42.6 Å². The number of amides is 2. The van der Waals surface area contributed by atoms with E-state index in [1.807, 2.05) is 0 Å². The number of hydrogen-bond donors (Lipinski definition) is 1. The number of nitrogens with one attached hydrogen (secondary N) is 1. The summed E-state index contributed by atoms with van der Waals surface area (Å²) in [6.07, 6.45) is -8.63. The molecule has 0 unspecified atom stereocenters. The number of likely N-dealkylation sites (N-methyl/N-ethyl adjacent to an activating group) is 1. The number of alkyl halides is 6. The summed E-state index contributed by atoms with van der Waals surface area (Å²) >= 11 is 0. The molecule has 2 amide bonds. The molecule has 0 spiro atoms. The van der Waals surface area contributed by atoms with E-state index >= 15 is 0 Å². The van der Waals surface area contributed by atoms with Gasteiger partial charge < -0.3 is 10.2 Å². The first-order valence-electron chi connectivity index (χ1n) is 8.22. The molecule has 1 heterocycles. The second-order valence-corrected chi connectivity index (χ2v) is 5.84. The predicted molar refractivity (Wildman–Crippen MR) is 90.9 cm³/mol. The van der Waals surface area contributed by atoms with E-state index in [4.69, 9.17) is 0 Å². The number of halogens is 6. The van der Waals surface area contributed by atoms with Crippen molar-refractivity contribution in [2.45, 2.75) is 19.3 Å². The SMILES string of the molecule is CCN(CC(=O)Nc1ccccc1C(F)(F)F)C(=O)c1ccc(C(F)(F)F)nc1. The van der Waals surface area contributed by atoms with E-state index in [1.165, 1.54) is 13.0 Å². The molecule has 1 aromatic carbocycles. The van der Waals surface area contributed by atoms with E-state index in [0.717, 1.165) is 35.4 Å². The van der Waals surface area contributed by atoms with E-state index in [2.05, 4.69) is 10.3 Å². The third-order valence-corrected chi connectivity index (χ3v) is 3.81. The molecule has 0 saturated carbocycles. The predicted octanol–water partition coefficient (Wildman–Crippen LogP) is 4.22. The quantitative estimate of drug-likeness (QED) is 0.739. The Kier molecular flexibility index (Phi) is 6.50. The first-order chi connectivity index (χ1) is 13.4. The van der Waals surface area contributed by atoms with Gasteiger partial charge in [0.05, 0.1) is 16.8 Å². The van der Waals surface area contributed by atoms with Crippen molar-refractivity contribution < 1.29 is 35.9 Å². The second kappa shape index (κ2) is 8.50. The van der Waals surface area contributed by atoms with Crippen LogP contribution in [-0.2, 0) is 17.1 Å². The minimum Gasteiger partial charge on any atom is -0.330 e. The highest BCUT2D eigenvalue weighted by Gasteiger charge is 2.34. The number of carbonyl (C=O) groups is 2. The maximum Gasteiger partial charge on any atom is 0.433 e. The maximum atomic E-state index is 13.0. The van der Waals surface area contributed by atoms with Crippen LogP contribution in [0.1, 0.15) is 28.5 Å². The number of anilines is 1. The van der Waals surface area contributed by atoms with Crippen LogP contribution < -0.4 is 5.32 Å². The molecule has 0 saturated heterocycles. The van der Waals surface area contributed by atoms with Crippen molar-refractivity contribution in [3.63, 3.8) is 0 Å². The zero-order valence-corrected chi connectivity index (χ0v) is 14.9. The summed E-state index contributed by atoms with van der Waals surface area (Å²) in [4.78, 5) is 28.7. The lowest BCUT2D eigenvalue weighted by atomic mass is 10.1. The van der Waals surface area contributed by atoms with Gasteiger partial charge in [-0.05, 0) is 31.2 Å². The maximum absolute atomic E-state index is 13.0. The average molecular weight is 419 g/mol. The molecule has 0 aliphatic heterocycles. The van der Waals surface area contributed by atoms with Gasteiger partial charge in [0.2, 0.25) is 5.91 Å². The topological polar surface area (TPSA) is 62.3 Å². The molecule has 0 aliphatic carbocycles. The molecule has 1 aromatic heterocycles. The molecule has 5 nitrogen and oxygen atoms in total. The zero-order valence-electron chi connectivity index (χ0n) is 14.9. The van der Waals surface area contributed by atoms with Gasteiger partial charge in [0.1, 0.15) is 12.2 Å². The first kappa shape index (κ1) is 22.2. The van der Waals surface area contributed by atoms with E-state index in [1.54, 1.807) is 0 Å². The first-order valence-corrected chi connectivity index (χ1v) is 8.22. The van der Waals surface area contributed by atoms with Crippen molar-refractivity contribution in [3.05, 3.63) is 59.4 Å². The Morgan fingerprint density at radius 1 is 1.00 bits per heavy atom. The molecule has 11 heteroatoms. The van der Waals surface area contributed by atoms with Gasteiger partial charge in [-0.15, -0.1) is 0 Å². The van der Waals surface area contributed by atoms with Gasteiger partial charge in [0, 0.05) is 12.7 Å². The molecular weight excluding hydrogens is 404 g/mol. The molecule has 0 aliphatic rings. The smallest absolute Gasteiger partial charge is 0.330 e. The number of para-hydroxylation sites is 1. The third-order valence-electron chi connectivity index (χ3n) is 3.81. The number of rotatable bonds is 5. The molecule has 0 bridgehead atoms. The van der Waals surface area contributed by atoms with E-state index in [0.29, 0.717) is 6.07 Å². The van der Waals surface area contributed by atoms with E-state index in [-0.39, 0.29) is 12.1 Å². The van der Waals surface area contributed by atoms with Gasteiger partial charge in [-0.2, -0.15) is 26.3 Å². The van der Waals surface area contributed by atoms with Gasteiger partial charge in [-0.3, -0.25) is 14.6 Å². The summed E-state index contributed by atoms with van der Waals surface area (Å²) in [5, 5.41) is 2.10. The summed E-state index contributed by atoms with van der Waals surface area (Å²) in [5.41, 5.74) is -2.89. The lowest BCUT2D eigenvalue weighted by Gasteiger charge is -2.21. The van der Waals surface area contributed by atoms with Crippen LogP contribution in [0.4, 0.5) is 32.0 Å². The lowest BCUT2D eigenvalue weighted by Crippen LogP contribution is -2.38. The number of hydrogen-bond acceptors (Lipinski definition) is 3. The average Bonchev–Trinajstić information content (AvgIpc) is 2.64.